The number of para-hydroxylation sites is 1. The predicted octanol–water partition coefficient (Wildman–Crippen LogP) is 11.7. The highest BCUT2D eigenvalue weighted by molar-refractivity contribution is 6.19. The van der Waals surface area contributed by atoms with Crippen LogP contribution in [0.5, 0.6) is 0 Å². The molecule has 0 saturated heterocycles. The van der Waals surface area contributed by atoms with Gasteiger partial charge in [0, 0.05) is 27.5 Å². The van der Waals surface area contributed by atoms with Gasteiger partial charge in [0.15, 0.2) is 5.84 Å². The Hall–Kier alpha value is -6.78. The van der Waals surface area contributed by atoms with Gasteiger partial charge in [-0.2, -0.15) is 0 Å². The summed E-state index contributed by atoms with van der Waals surface area (Å²) in [5.41, 5.74) is 9.23. The normalized spacial score (nSPS) is 14.5. The second-order valence-corrected chi connectivity index (χ2v) is 13.0. The molecular formula is C47H31N3O. The highest BCUT2D eigenvalue weighted by Gasteiger charge is 2.23. The molecule has 0 saturated carbocycles. The van der Waals surface area contributed by atoms with Crippen LogP contribution in [-0.4, -0.2) is 11.7 Å². The summed E-state index contributed by atoms with van der Waals surface area (Å²) in [4.78, 5) is 10.2. The predicted molar refractivity (Wildman–Crippen MR) is 211 cm³/mol. The third-order valence-corrected chi connectivity index (χ3v) is 9.91. The molecule has 1 aliphatic rings. The van der Waals surface area contributed by atoms with Crippen LogP contribution in [0.1, 0.15) is 22.9 Å². The molecule has 0 fully saturated rings. The lowest BCUT2D eigenvalue weighted by molar-refractivity contribution is 0.667. The summed E-state index contributed by atoms with van der Waals surface area (Å²) in [5.74, 6) is 1.44. The molecule has 0 spiro atoms. The topological polar surface area (TPSA) is 49.9 Å². The van der Waals surface area contributed by atoms with Gasteiger partial charge in [-0.15, -0.1) is 0 Å². The van der Waals surface area contributed by atoms with Gasteiger partial charge in [-0.25, -0.2) is 9.98 Å². The SMILES string of the molecule is c1ccc(C2=NC(c3cccc(-c4ccccc4)c3)NC(c3ccc4c(c3)oc3c(-c5cc6ccccc6c6ccccc56)cccc34)=N2)cc1. The Morgan fingerprint density at radius 1 is 0.451 bits per heavy atom. The van der Waals surface area contributed by atoms with E-state index in [0.717, 1.165) is 61.2 Å². The van der Waals surface area contributed by atoms with Crippen molar-refractivity contribution in [2.75, 3.05) is 0 Å². The van der Waals surface area contributed by atoms with E-state index < -0.39 is 0 Å². The molecule has 0 radical (unpaired) electrons. The van der Waals surface area contributed by atoms with Crippen molar-refractivity contribution in [3.05, 3.63) is 193 Å². The maximum absolute atomic E-state index is 6.81. The Bertz CT molecular complexity index is 2830. The maximum atomic E-state index is 6.81. The molecule has 8 aromatic carbocycles. The van der Waals surface area contributed by atoms with Crippen LogP contribution in [0.15, 0.2) is 190 Å². The molecule has 0 aliphatic carbocycles. The first-order chi connectivity index (χ1) is 25.3. The van der Waals surface area contributed by atoms with Gasteiger partial charge in [-0.05, 0) is 68.1 Å². The zero-order valence-electron chi connectivity index (χ0n) is 27.6. The van der Waals surface area contributed by atoms with Gasteiger partial charge in [0.1, 0.15) is 23.2 Å². The fraction of sp³-hybridized carbons (Fsp3) is 0.0213. The molecule has 1 aromatic heterocycles. The van der Waals surface area contributed by atoms with Crippen LogP contribution in [-0.2, 0) is 0 Å². The van der Waals surface area contributed by atoms with E-state index in [2.05, 4.69) is 157 Å². The van der Waals surface area contributed by atoms with Gasteiger partial charge in [0.2, 0.25) is 0 Å². The smallest absolute Gasteiger partial charge is 0.159 e. The van der Waals surface area contributed by atoms with Crippen molar-refractivity contribution < 1.29 is 4.42 Å². The molecule has 0 bridgehead atoms. The van der Waals surface area contributed by atoms with Gasteiger partial charge in [-0.1, -0.05) is 152 Å². The summed E-state index contributed by atoms with van der Waals surface area (Å²) in [7, 11) is 0. The van der Waals surface area contributed by atoms with Crippen molar-refractivity contribution in [2.24, 2.45) is 9.98 Å². The third kappa shape index (κ3) is 5.08. The fourth-order valence-corrected chi connectivity index (χ4v) is 7.44. The minimum Gasteiger partial charge on any atom is -0.455 e. The second kappa shape index (κ2) is 12.0. The number of benzene rings is 8. The molecule has 1 N–H and O–H groups in total. The fourth-order valence-electron chi connectivity index (χ4n) is 7.44. The Morgan fingerprint density at radius 2 is 1.14 bits per heavy atom. The molecule has 1 atom stereocenters. The molecule has 0 amide bonds. The maximum Gasteiger partial charge on any atom is 0.159 e. The van der Waals surface area contributed by atoms with Gasteiger partial charge in [0.05, 0.1) is 0 Å². The van der Waals surface area contributed by atoms with Gasteiger partial charge in [0.25, 0.3) is 0 Å². The highest BCUT2D eigenvalue weighted by atomic mass is 16.3. The second-order valence-electron chi connectivity index (χ2n) is 13.0. The number of aliphatic imine (C=N–C) groups is 2. The Morgan fingerprint density at radius 3 is 1.98 bits per heavy atom. The van der Waals surface area contributed by atoms with Crippen molar-refractivity contribution in [3.63, 3.8) is 0 Å². The van der Waals surface area contributed by atoms with E-state index in [1.54, 1.807) is 0 Å². The Labute approximate surface area is 295 Å². The van der Waals surface area contributed by atoms with Crippen molar-refractivity contribution >= 4 is 55.2 Å². The van der Waals surface area contributed by atoms with E-state index in [1.165, 1.54) is 27.1 Å². The van der Waals surface area contributed by atoms with E-state index >= 15 is 0 Å². The largest absolute Gasteiger partial charge is 0.455 e. The van der Waals surface area contributed by atoms with Crippen LogP contribution < -0.4 is 5.32 Å². The first-order valence-electron chi connectivity index (χ1n) is 17.3. The quantitative estimate of drug-likeness (QED) is 0.188. The molecule has 51 heavy (non-hydrogen) atoms. The molecular weight excluding hydrogens is 623 g/mol. The first kappa shape index (κ1) is 29.2. The van der Waals surface area contributed by atoms with Crippen LogP contribution >= 0.6 is 0 Å². The summed E-state index contributed by atoms with van der Waals surface area (Å²) in [5, 5.41) is 10.7. The molecule has 9 aromatic rings. The average molecular weight is 654 g/mol. The number of furan rings is 1. The van der Waals surface area contributed by atoms with Gasteiger partial charge >= 0.3 is 0 Å². The van der Waals surface area contributed by atoms with Crippen LogP contribution in [0.3, 0.4) is 0 Å². The zero-order chi connectivity index (χ0) is 33.7. The number of rotatable bonds is 5. The summed E-state index contributed by atoms with van der Waals surface area (Å²) < 4.78 is 6.81. The number of fused-ring (bicyclic) bond motifs is 6. The van der Waals surface area contributed by atoms with Crippen LogP contribution in [0.2, 0.25) is 0 Å². The molecule has 2 heterocycles. The third-order valence-electron chi connectivity index (χ3n) is 9.91. The molecule has 1 aliphatic heterocycles. The lowest BCUT2D eigenvalue weighted by Gasteiger charge is -2.24. The number of hydrogen-bond donors (Lipinski definition) is 1. The minimum absolute atomic E-state index is 0.324. The lowest BCUT2D eigenvalue weighted by atomic mass is 9.92. The van der Waals surface area contributed by atoms with E-state index in [9.17, 15) is 0 Å². The summed E-state index contributed by atoms with van der Waals surface area (Å²) in [6.07, 6.45) is -0.324. The van der Waals surface area contributed by atoms with E-state index in [1.807, 2.05) is 24.3 Å². The number of nitrogens with zero attached hydrogens (tertiary/aromatic N) is 2. The number of hydrogen-bond acceptors (Lipinski definition) is 4. The van der Waals surface area contributed by atoms with Crippen molar-refractivity contribution in [2.45, 2.75) is 6.17 Å². The van der Waals surface area contributed by atoms with Crippen LogP contribution in [0.4, 0.5) is 0 Å². The van der Waals surface area contributed by atoms with Crippen molar-refractivity contribution in [3.8, 4) is 22.3 Å². The zero-order valence-corrected chi connectivity index (χ0v) is 27.6. The van der Waals surface area contributed by atoms with Crippen molar-refractivity contribution in [1.29, 1.82) is 0 Å². The minimum atomic E-state index is -0.324. The van der Waals surface area contributed by atoms with Crippen molar-refractivity contribution in [1.82, 2.24) is 5.32 Å². The molecule has 240 valence electrons. The summed E-state index contributed by atoms with van der Waals surface area (Å²) in [6, 6.07) is 61.6. The molecule has 1 unspecified atom stereocenters. The summed E-state index contributed by atoms with van der Waals surface area (Å²) >= 11 is 0. The molecule has 4 heteroatoms. The van der Waals surface area contributed by atoms with E-state index in [4.69, 9.17) is 14.4 Å². The number of nitrogens with one attached hydrogen (secondary N) is 1. The highest BCUT2D eigenvalue weighted by Crippen LogP contribution is 2.41. The number of amidine groups is 2. The average Bonchev–Trinajstić information content (AvgIpc) is 3.59. The van der Waals surface area contributed by atoms with Crippen LogP contribution in [0.25, 0.3) is 65.7 Å². The standard InChI is InChI=1S/C47H31N3O/c1-3-13-30(14-4-1)32-18-11-19-34(27-32)46-48-45(31-15-5-2-6-16-31)49-47(50-46)35-25-26-39-40-23-12-24-41(44(40)51-43(39)29-35)42-28-33-17-7-8-20-36(33)37-21-9-10-22-38(37)42/h1-29,46H,(H,48,49,50). The summed E-state index contributed by atoms with van der Waals surface area (Å²) in [6.45, 7) is 0. The Balaban J connectivity index is 1.09. The van der Waals surface area contributed by atoms with Crippen LogP contribution in [0, 0.1) is 0 Å². The van der Waals surface area contributed by atoms with Gasteiger partial charge < -0.3 is 9.73 Å². The lowest BCUT2D eigenvalue weighted by Crippen LogP contribution is -2.33. The van der Waals surface area contributed by atoms with Gasteiger partial charge in [-0.3, -0.25) is 0 Å². The molecule has 10 rings (SSSR count). The first-order valence-corrected chi connectivity index (χ1v) is 17.3. The Kier molecular flexibility index (Phi) is 6.85. The van der Waals surface area contributed by atoms with E-state index in [0.29, 0.717) is 5.84 Å². The molecule has 4 nitrogen and oxygen atoms in total. The monoisotopic (exact) mass is 653 g/mol. The van der Waals surface area contributed by atoms with E-state index in [-0.39, 0.29) is 6.17 Å².